The standard InChI is InChI=1S/C16H19N5OS/c22-15(13-4-6-17-7-5-13)20-8-1-9-21(11-10-20)16-18-14(19-23-16)12-2-3-12/h4-7,12H,1-3,8-11H2. The Balaban J connectivity index is 1.42. The monoisotopic (exact) mass is 329 g/mol. The summed E-state index contributed by atoms with van der Waals surface area (Å²) in [7, 11) is 0. The second kappa shape index (κ2) is 6.23. The smallest absolute Gasteiger partial charge is 0.254 e. The average Bonchev–Trinajstić information content (AvgIpc) is 3.38. The highest BCUT2D eigenvalue weighted by Crippen LogP contribution is 2.39. The Kier molecular flexibility index (Phi) is 3.95. The molecule has 4 rings (SSSR count). The molecule has 1 aliphatic carbocycles. The van der Waals surface area contributed by atoms with E-state index in [0.717, 1.165) is 43.6 Å². The maximum atomic E-state index is 12.6. The van der Waals surface area contributed by atoms with Crippen molar-refractivity contribution in [2.75, 3.05) is 31.1 Å². The first-order valence-corrected chi connectivity index (χ1v) is 8.86. The highest BCUT2D eigenvalue weighted by molar-refractivity contribution is 7.09. The molecular formula is C16H19N5OS. The zero-order valence-corrected chi connectivity index (χ0v) is 13.7. The first-order chi connectivity index (χ1) is 11.3. The van der Waals surface area contributed by atoms with Crippen LogP contribution in [0.25, 0.3) is 0 Å². The quantitative estimate of drug-likeness (QED) is 0.863. The molecule has 120 valence electrons. The summed E-state index contributed by atoms with van der Waals surface area (Å²) in [6, 6.07) is 3.55. The molecule has 0 atom stereocenters. The molecule has 6 nitrogen and oxygen atoms in total. The molecular weight excluding hydrogens is 310 g/mol. The summed E-state index contributed by atoms with van der Waals surface area (Å²) < 4.78 is 4.49. The van der Waals surface area contributed by atoms with E-state index < -0.39 is 0 Å². The van der Waals surface area contributed by atoms with Crippen LogP contribution in [0.3, 0.4) is 0 Å². The van der Waals surface area contributed by atoms with Gasteiger partial charge in [0.05, 0.1) is 0 Å². The summed E-state index contributed by atoms with van der Waals surface area (Å²) in [4.78, 5) is 25.4. The molecule has 2 aromatic rings. The van der Waals surface area contributed by atoms with E-state index in [9.17, 15) is 4.79 Å². The number of rotatable bonds is 3. The number of amides is 1. The van der Waals surface area contributed by atoms with Crippen LogP contribution in [0.5, 0.6) is 0 Å². The van der Waals surface area contributed by atoms with Gasteiger partial charge in [0.1, 0.15) is 5.82 Å². The van der Waals surface area contributed by atoms with Crippen molar-refractivity contribution in [3.05, 3.63) is 35.9 Å². The third-order valence-electron chi connectivity index (χ3n) is 4.35. The fraction of sp³-hybridized carbons (Fsp3) is 0.500. The molecule has 0 bridgehead atoms. The third-order valence-corrected chi connectivity index (χ3v) is 5.15. The molecule has 2 aliphatic rings. The van der Waals surface area contributed by atoms with E-state index in [1.54, 1.807) is 24.5 Å². The van der Waals surface area contributed by atoms with Gasteiger partial charge >= 0.3 is 0 Å². The molecule has 0 radical (unpaired) electrons. The molecule has 23 heavy (non-hydrogen) atoms. The zero-order chi connectivity index (χ0) is 15.6. The lowest BCUT2D eigenvalue weighted by Gasteiger charge is -2.21. The van der Waals surface area contributed by atoms with Gasteiger partial charge in [0.2, 0.25) is 5.13 Å². The summed E-state index contributed by atoms with van der Waals surface area (Å²) in [5.74, 6) is 1.70. The number of carbonyl (C=O) groups is 1. The summed E-state index contributed by atoms with van der Waals surface area (Å²) in [6.45, 7) is 3.25. The van der Waals surface area contributed by atoms with Crippen LogP contribution in [0.1, 0.15) is 41.4 Å². The molecule has 1 amide bonds. The van der Waals surface area contributed by atoms with Crippen LogP contribution >= 0.6 is 11.5 Å². The highest BCUT2D eigenvalue weighted by atomic mass is 32.1. The van der Waals surface area contributed by atoms with Crippen LogP contribution < -0.4 is 4.90 Å². The lowest BCUT2D eigenvalue weighted by atomic mass is 10.2. The van der Waals surface area contributed by atoms with Gasteiger partial charge in [-0.3, -0.25) is 9.78 Å². The van der Waals surface area contributed by atoms with Crippen LogP contribution in [0.15, 0.2) is 24.5 Å². The summed E-state index contributed by atoms with van der Waals surface area (Å²) in [5.41, 5.74) is 0.709. The lowest BCUT2D eigenvalue weighted by Crippen LogP contribution is -2.35. The maximum absolute atomic E-state index is 12.6. The molecule has 0 aromatic carbocycles. The predicted molar refractivity (Wildman–Crippen MR) is 88.9 cm³/mol. The van der Waals surface area contributed by atoms with Crippen LogP contribution in [0.2, 0.25) is 0 Å². The largest absolute Gasteiger partial charge is 0.345 e. The molecule has 1 saturated heterocycles. The molecule has 3 heterocycles. The Labute approximate surface area is 139 Å². The van der Waals surface area contributed by atoms with Crippen molar-refractivity contribution >= 4 is 22.6 Å². The van der Waals surface area contributed by atoms with Gasteiger partial charge in [-0.1, -0.05) is 0 Å². The second-order valence-electron chi connectivity index (χ2n) is 6.08. The van der Waals surface area contributed by atoms with Gasteiger partial charge in [-0.25, -0.2) is 4.98 Å². The summed E-state index contributed by atoms with van der Waals surface area (Å²) in [6.07, 6.45) is 6.74. The van der Waals surface area contributed by atoms with Crippen molar-refractivity contribution in [2.24, 2.45) is 0 Å². The van der Waals surface area contributed by atoms with Gasteiger partial charge in [0.15, 0.2) is 0 Å². The fourth-order valence-corrected chi connectivity index (χ4v) is 3.65. The highest BCUT2D eigenvalue weighted by Gasteiger charge is 2.29. The minimum Gasteiger partial charge on any atom is -0.345 e. The van der Waals surface area contributed by atoms with Crippen LogP contribution in [0.4, 0.5) is 5.13 Å². The van der Waals surface area contributed by atoms with Gasteiger partial charge in [-0.05, 0) is 31.4 Å². The van der Waals surface area contributed by atoms with E-state index in [4.69, 9.17) is 0 Å². The first kappa shape index (κ1) is 14.6. The number of nitrogens with zero attached hydrogens (tertiary/aromatic N) is 5. The lowest BCUT2D eigenvalue weighted by molar-refractivity contribution is 0.0767. The number of hydrogen-bond donors (Lipinski definition) is 0. The molecule has 7 heteroatoms. The van der Waals surface area contributed by atoms with Crippen LogP contribution in [-0.2, 0) is 0 Å². The second-order valence-corrected chi connectivity index (χ2v) is 6.81. The average molecular weight is 329 g/mol. The number of aromatic nitrogens is 3. The topological polar surface area (TPSA) is 62.2 Å². The van der Waals surface area contributed by atoms with Crippen molar-refractivity contribution in [1.82, 2.24) is 19.2 Å². The predicted octanol–water partition coefficient (Wildman–Crippen LogP) is 2.16. The van der Waals surface area contributed by atoms with Crippen molar-refractivity contribution in [1.29, 1.82) is 0 Å². The van der Waals surface area contributed by atoms with Gasteiger partial charge < -0.3 is 9.80 Å². The fourth-order valence-electron chi connectivity index (χ4n) is 2.85. The van der Waals surface area contributed by atoms with Crippen molar-refractivity contribution in [3.8, 4) is 0 Å². The van der Waals surface area contributed by atoms with Gasteiger partial charge in [-0.15, -0.1) is 0 Å². The SMILES string of the molecule is O=C(c1ccncc1)N1CCCN(c2nc(C3CC3)ns2)CC1. The van der Waals surface area contributed by atoms with Gasteiger partial charge in [0.25, 0.3) is 5.91 Å². The number of pyridine rings is 1. The zero-order valence-electron chi connectivity index (χ0n) is 12.9. The summed E-state index contributed by atoms with van der Waals surface area (Å²) >= 11 is 1.49. The Morgan fingerprint density at radius 1 is 1.13 bits per heavy atom. The Bertz CT molecular complexity index is 685. The van der Waals surface area contributed by atoms with E-state index in [0.29, 0.717) is 11.5 Å². The van der Waals surface area contributed by atoms with Crippen molar-refractivity contribution < 1.29 is 4.79 Å². The normalized spacial score (nSPS) is 18.8. The van der Waals surface area contributed by atoms with Crippen LogP contribution in [0, 0.1) is 0 Å². The van der Waals surface area contributed by atoms with Crippen LogP contribution in [-0.4, -0.2) is 51.3 Å². The molecule has 0 N–H and O–H groups in total. The molecule has 0 spiro atoms. The maximum Gasteiger partial charge on any atom is 0.254 e. The van der Waals surface area contributed by atoms with Crippen molar-refractivity contribution in [3.63, 3.8) is 0 Å². The van der Waals surface area contributed by atoms with E-state index in [1.165, 1.54) is 24.4 Å². The van der Waals surface area contributed by atoms with E-state index in [2.05, 4.69) is 19.2 Å². The third kappa shape index (κ3) is 3.19. The molecule has 1 aliphatic heterocycles. The number of hydrogen-bond acceptors (Lipinski definition) is 6. The van der Waals surface area contributed by atoms with E-state index in [1.807, 2.05) is 4.90 Å². The number of anilines is 1. The van der Waals surface area contributed by atoms with Gasteiger partial charge in [0, 0.05) is 61.6 Å². The Morgan fingerprint density at radius 2 is 1.96 bits per heavy atom. The van der Waals surface area contributed by atoms with Gasteiger partial charge in [-0.2, -0.15) is 4.37 Å². The van der Waals surface area contributed by atoms with E-state index >= 15 is 0 Å². The van der Waals surface area contributed by atoms with Crippen molar-refractivity contribution in [2.45, 2.75) is 25.2 Å². The Hall–Kier alpha value is -2.02. The number of carbonyl (C=O) groups excluding carboxylic acids is 1. The Morgan fingerprint density at radius 3 is 2.74 bits per heavy atom. The minimum atomic E-state index is 0.0881. The molecule has 2 fully saturated rings. The minimum absolute atomic E-state index is 0.0881. The van der Waals surface area contributed by atoms with E-state index in [-0.39, 0.29) is 5.91 Å². The summed E-state index contributed by atoms with van der Waals surface area (Å²) in [5, 5.41) is 1.00. The molecule has 1 saturated carbocycles. The molecule has 2 aromatic heterocycles. The first-order valence-electron chi connectivity index (χ1n) is 8.09. The molecule has 0 unspecified atom stereocenters.